The van der Waals surface area contributed by atoms with E-state index < -0.39 is 28.9 Å². The van der Waals surface area contributed by atoms with Crippen LogP contribution in [0, 0.1) is 10.1 Å². The fraction of sp³-hybridized carbons (Fsp3) is 0.212. The topological polar surface area (TPSA) is 185 Å². The van der Waals surface area contributed by atoms with E-state index in [1.807, 2.05) is 66.0 Å². The molecule has 0 saturated heterocycles. The van der Waals surface area contributed by atoms with E-state index in [1.54, 1.807) is 17.8 Å². The van der Waals surface area contributed by atoms with Crippen LogP contribution in [0.2, 0.25) is 15.1 Å². The molecule has 0 fully saturated rings. The number of benzene rings is 3. The van der Waals surface area contributed by atoms with Crippen molar-refractivity contribution in [2.45, 2.75) is 24.9 Å². The standard InChI is InChI=1S/C12H12ClN3O4.C12H13ClN2O2.C9H8ClN/c1-15-5-6(4-8(14)12(17)18)10-9(16(19)20)3-2-7(13)11(10)15;1-15-6-7(5-10(14)12(16)17)8-3-2-4-9(13)11(8)15;1-11-6-5-7-3-2-4-8(10)9(7)11/h2-3,5,8H,4,14H2,1H3,(H,17,18);2-4,6,10H,5,14H2,1H3,(H,16,17);2-6H,1H3. The average Bonchev–Trinajstić information content (AvgIpc) is 3.67. The minimum Gasteiger partial charge on any atom is -0.480 e. The van der Waals surface area contributed by atoms with Crippen LogP contribution >= 0.6 is 34.8 Å². The van der Waals surface area contributed by atoms with Crippen molar-refractivity contribution in [3.63, 3.8) is 0 Å². The van der Waals surface area contributed by atoms with Gasteiger partial charge in [0, 0.05) is 69.4 Å². The van der Waals surface area contributed by atoms with E-state index in [1.165, 1.54) is 17.5 Å². The summed E-state index contributed by atoms with van der Waals surface area (Å²) in [5.74, 6) is -2.16. The molecule has 0 spiro atoms. The maximum absolute atomic E-state index is 11.1. The van der Waals surface area contributed by atoms with Gasteiger partial charge in [-0.05, 0) is 35.4 Å². The van der Waals surface area contributed by atoms with Crippen LogP contribution in [0.25, 0.3) is 32.7 Å². The Labute approximate surface area is 289 Å². The summed E-state index contributed by atoms with van der Waals surface area (Å²) < 4.78 is 5.55. The van der Waals surface area contributed by atoms with Crippen LogP contribution in [0.1, 0.15) is 11.1 Å². The molecular weight excluding hydrogens is 683 g/mol. The summed E-state index contributed by atoms with van der Waals surface area (Å²) in [5, 5.41) is 33.1. The van der Waals surface area contributed by atoms with Crippen molar-refractivity contribution in [2.75, 3.05) is 0 Å². The lowest BCUT2D eigenvalue weighted by Gasteiger charge is -2.05. The number of para-hydroxylation sites is 2. The van der Waals surface area contributed by atoms with Gasteiger partial charge in [0.05, 0.1) is 41.9 Å². The van der Waals surface area contributed by atoms with E-state index in [-0.39, 0.29) is 12.1 Å². The molecule has 6 N–H and O–H groups in total. The summed E-state index contributed by atoms with van der Waals surface area (Å²) in [5.41, 5.74) is 14.8. The minimum atomic E-state index is -1.16. The van der Waals surface area contributed by atoms with Gasteiger partial charge in [0.15, 0.2) is 0 Å². The largest absolute Gasteiger partial charge is 0.480 e. The lowest BCUT2D eigenvalue weighted by atomic mass is 10.0. The fourth-order valence-corrected chi connectivity index (χ4v) is 6.42. The third-order valence-corrected chi connectivity index (χ3v) is 8.64. The second-order valence-electron chi connectivity index (χ2n) is 11.1. The molecule has 12 nitrogen and oxygen atoms in total. The first-order valence-corrected chi connectivity index (χ1v) is 15.5. The molecule has 0 saturated carbocycles. The molecule has 2 unspecified atom stereocenters. The monoisotopic (exact) mass is 714 g/mol. The van der Waals surface area contributed by atoms with Crippen molar-refractivity contribution < 1.29 is 24.7 Å². The fourth-order valence-electron chi connectivity index (χ4n) is 5.50. The number of hydrogen-bond donors (Lipinski definition) is 4. The first-order chi connectivity index (χ1) is 22.6. The van der Waals surface area contributed by atoms with Crippen LogP contribution in [0.3, 0.4) is 0 Å². The quantitative estimate of drug-likeness (QED) is 0.109. The van der Waals surface area contributed by atoms with E-state index in [9.17, 15) is 19.7 Å². The third-order valence-electron chi connectivity index (χ3n) is 7.72. The van der Waals surface area contributed by atoms with Crippen molar-refractivity contribution >= 4 is 85.1 Å². The van der Waals surface area contributed by atoms with E-state index in [4.69, 9.17) is 56.5 Å². The van der Waals surface area contributed by atoms with Gasteiger partial charge in [0.1, 0.15) is 12.1 Å². The summed E-state index contributed by atoms with van der Waals surface area (Å²) in [7, 11) is 5.56. The molecule has 2 atom stereocenters. The number of carboxylic acid groups (broad SMARTS) is 2. The van der Waals surface area contributed by atoms with E-state index >= 15 is 0 Å². The van der Waals surface area contributed by atoms with Crippen LogP contribution in [0.15, 0.2) is 73.2 Å². The van der Waals surface area contributed by atoms with Crippen molar-refractivity contribution in [3.8, 4) is 0 Å². The number of nitro benzene ring substituents is 1. The number of fused-ring (bicyclic) bond motifs is 3. The summed E-state index contributed by atoms with van der Waals surface area (Å²) >= 11 is 18.1. The van der Waals surface area contributed by atoms with Gasteiger partial charge in [-0.25, -0.2) is 0 Å². The Morgan fingerprint density at radius 3 is 1.85 bits per heavy atom. The SMILES string of the molecule is Cn1cc(CC(N)C(=O)O)c2c([N+](=O)[O-])ccc(Cl)c21.Cn1cc(CC(N)C(=O)O)c2cccc(Cl)c21.Cn1ccc2cccc(Cl)c21. The molecule has 0 amide bonds. The number of non-ortho nitro benzene ring substituents is 1. The Bertz CT molecular complexity index is 2150. The average molecular weight is 716 g/mol. The molecule has 48 heavy (non-hydrogen) atoms. The maximum Gasteiger partial charge on any atom is 0.320 e. The van der Waals surface area contributed by atoms with Gasteiger partial charge < -0.3 is 35.4 Å². The van der Waals surface area contributed by atoms with Gasteiger partial charge >= 0.3 is 11.9 Å². The van der Waals surface area contributed by atoms with E-state index in [0.717, 1.165) is 27.0 Å². The third kappa shape index (κ3) is 7.75. The van der Waals surface area contributed by atoms with Crippen molar-refractivity contribution in [1.82, 2.24) is 13.7 Å². The zero-order valence-electron chi connectivity index (χ0n) is 26.1. The van der Waals surface area contributed by atoms with E-state index in [2.05, 4.69) is 12.1 Å². The number of aromatic nitrogens is 3. The molecule has 3 aromatic carbocycles. The van der Waals surface area contributed by atoms with Gasteiger partial charge in [0.25, 0.3) is 5.69 Å². The predicted octanol–water partition coefficient (Wildman–Crippen LogP) is 6.31. The number of carboxylic acids is 2. The number of nitrogens with zero attached hydrogens (tertiary/aromatic N) is 4. The smallest absolute Gasteiger partial charge is 0.320 e. The summed E-state index contributed by atoms with van der Waals surface area (Å²) in [6, 6.07) is 14.3. The van der Waals surface area contributed by atoms with Gasteiger partial charge in [0.2, 0.25) is 0 Å². The maximum atomic E-state index is 11.1. The molecule has 0 aliphatic rings. The Balaban J connectivity index is 0.000000169. The number of nitro groups is 1. The predicted molar refractivity (Wildman–Crippen MR) is 189 cm³/mol. The van der Waals surface area contributed by atoms with Crippen LogP contribution in [0.5, 0.6) is 0 Å². The number of aliphatic carboxylic acids is 2. The highest BCUT2D eigenvalue weighted by Crippen LogP contribution is 2.35. The highest BCUT2D eigenvalue weighted by atomic mass is 35.5. The van der Waals surface area contributed by atoms with Crippen molar-refractivity contribution in [3.05, 3.63) is 109 Å². The van der Waals surface area contributed by atoms with Gasteiger partial charge in [-0.15, -0.1) is 0 Å². The Kier molecular flexibility index (Phi) is 11.4. The zero-order valence-corrected chi connectivity index (χ0v) is 28.4. The first kappa shape index (κ1) is 36.2. The normalized spacial score (nSPS) is 12.2. The van der Waals surface area contributed by atoms with Gasteiger partial charge in [-0.2, -0.15) is 0 Å². The second kappa shape index (κ2) is 15.1. The molecule has 252 valence electrons. The highest BCUT2D eigenvalue weighted by molar-refractivity contribution is 6.36. The Morgan fingerprint density at radius 1 is 0.750 bits per heavy atom. The van der Waals surface area contributed by atoms with Crippen molar-refractivity contribution in [1.29, 1.82) is 0 Å². The molecular formula is C33H33Cl3N6O6. The summed E-state index contributed by atoms with van der Waals surface area (Å²) in [4.78, 5) is 32.2. The molecule has 3 heterocycles. The molecule has 6 rings (SSSR count). The molecule has 0 aliphatic heterocycles. The lowest BCUT2D eigenvalue weighted by molar-refractivity contribution is -0.383. The van der Waals surface area contributed by atoms with Gasteiger partial charge in [-0.1, -0.05) is 59.1 Å². The molecule has 0 bridgehead atoms. The van der Waals surface area contributed by atoms with Crippen molar-refractivity contribution in [2.24, 2.45) is 32.6 Å². The Morgan fingerprint density at radius 2 is 1.27 bits per heavy atom. The summed E-state index contributed by atoms with van der Waals surface area (Å²) in [6.45, 7) is 0. The van der Waals surface area contributed by atoms with Crippen LogP contribution in [-0.2, 0) is 43.6 Å². The number of halogens is 3. The molecule has 0 aliphatic carbocycles. The number of hydrogen-bond acceptors (Lipinski definition) is 6. The Hall–Kier alpha value is -4.59. The van der Waals surface area contributed by atoms with E-state index in [0.29, 0.717) is 32.9 Å². The van der Waals surface area contributed by atoms with Crippen LogP contribution < -0.4 is 11.5 Å². The number of carbonyl (C=O) groups is 2. The minimum absolute atomic E-state index is 0.00610. The van der Waals surface area contributed by atoms with Crippen LogP contribution in [-0.4, -0.2) is 52.9 Å². The van der Waals surface area contributed by atoms with Crippen LogP contribution in [0.4, 0.5) is 5.69 Å². The number of nitrogens with two attached hydrogens (primary N) is 2. The number of aryl methyl sites for hydroxylation is 3. The highest BCUT2D eigenvalue weighted by Gasteiger charge is 2.23. The number of rotatable bonds is 7. The molecule has 3 aromatic heterocycles. The second-order valence-corrected chi connectivity index (χ2v) is 12.3. The summed E-state index contributed by atoms with van der Waals surface area (Å²) in [6.07, 6.45) is 5.79. The zero-order chi connectivity index (χ0) is 35.4. The molecule has 0 radical (unpaired) electrons. The lowest BCUT2D eigenvalue weighted by Crippen LogP contribution is -2.32. The first-order valence-electron chi connectivity index (χ1n) is 14.4. The van der Waals surface area contributed by atoms with Gasteiger partial charge in [-0.3, -0.25) is 19.7 Å². The molecule has 6 aromatic rings. The molecule has 15 heteroatoms.